The van der Waals surface area contributed by atoms with Crippen LogP contribution in [0.2, 0.25) is 0 Å². The highest BCUT2D eigenvalue weighted by atomic mass is 19.3. The quantitative estimate of drug-likeness (QED) is 0.809. The van der Waals surface area contributed by atoms with Crippen LogP contribution in [-0.4, -0.2) is 82.7 Å². The summed E-state index contributed by atoms with van der Waals surface area (Å²) in [5, 5.41) is 3.74. The molecule has 0 spiro atoms. The Bertz CT molecular complexity index is 571. The van der Waals surface area contributed by atoms with Crippen LogP contribution in [0.3, 0.4) is 0 Å². The van der Waals surface area contributed by atoms with Crippen molar-refractivity contribution in [2.24, 2.45) is 0 Å². The molecule has 3 rings (SSSR count). The highest BCUT2D eigenvalue weighted by molar-refractivity contribution is 5.92. The summed E-state index contributed by atoms with van der Waals surface area (Å²) in [6.07, 6.45) is 5.16. The van der Waals surface area contributed by atoms with Gasteiger partial charge in [0, 0.05) is 51.5 Å². The van der Waals surface area contributed by atoms with Crippen LogP contribution >= 0.6 is 0 Å². The van der Waals surface area contributed by atoms with Crippen molar-refractivity contribution in [1.82, 2.24) is 24.5 Å². The van der Waals surface area contributed by atoms with E-state index in [4.69, 9.17) is 0 Å². The van der Waals surface area contributed by atoms with Crippen LogP contribution in [0.1, 0.15) is 42.7 Å². The van der Waals surface area contributed by atoms with Gasteiger partial charge in [-0.2, -0.15) is 13.9 Å². The summed E-state index contributed by atoms with van der Waals surface area (Å²) in [4.78, 5) is 19.3. The van der Waals surface area contributed by atoms with E-state index in [0.717, 1.165) is 58.4 Å². The Kier molecular flexibility index (Phi) is 6.01. The molecule has 2 fully saturated rings. The van der Waals surface area contributed by atoms with Gasteiger partial charge in [0.15, 0.2) is 5.69 Å². The number of hydrogen-bond donors (Lipinski definition) is 0. The van der Waals surface area contributed by atoms with Crippen molar-refractivity contribution >= 4 is 5.91 Å². The predicted octanol–water partition coefficient (Wildman–Crippen LogP) is 1.91. The summed E-state index contributed by atoms with van der Waals surface area (Å²) in [7, 11) is 2.14. The number of likely N-dealkylation sites (tertiary alicyclic amines) is 1. The number of rotatable bonds is 5. The van der Waals surface area contributed by atoms with Crippen LogP contribution in [0.4, 0.5) is 8.78 Å². The van der Waals surface area contributed by atoms with Gasteiger partial charge in [0.1, 0.15) is 0 Å². The third kappa shape index (κ3) is 4.55. The molecule has 25 heavy (non-hydrogen) atoms. The maximum Gasteiger partial charge on any atom is 0.333 e. The number of likely N-dealkylation sites (N-methyl/N-ethyl adjacent to an activating group) is 1. The first-order chi connectivity index (χ1) is 12.0. The average Bonchev–Trinajstić information content (AvgIpc) is 3.11. The molecule has 2 aliphatic rings. The van der Waals surface area contributed by atoms with Crippen molar-refractivity contribution in [3.63, 3.8) is 0 Å². The van der Waals surface area contributed by atoms with Gasteiger partial charge in [0.25, 0.3) is 5.91 Å². The molecular formula is C17H27F2N5O. The molecule has 1 aromatic heterocycles. The number of piperazine rings is 1. The normalized spacial score (nSPS) is 23.4. The van der Waals surface area contributed by atoms with Gasteiger partial charge in [-0.15, -0.1) is 0 Å². The van der Waals surface area contributed by atoms with Gasteiger partial charge in [0.2, 0.25) is 0 Å². The van der Waals surface area contributed by atoms with Crippen molar-refractivity contribution in [3.05, 3.63) is 18.0 Å². The molecule has 2 aliphatic heterocycles. The third-order valence-corrected chi connectivity index (χ3v) is 5.29. The fourth-order valence-corrected chi connectivity index (χ4v) is 3.68. The van der Waals surface area contributed by atoms with Crippen LogP contribution in [0.15, 0.2) is 12.3 Å². The van der Waals surface area contributed by atoms with E-state index in [2.05, 4.69) is 21.9 Å². The van der Waals surface area contributed by atoms with E-state index < -0.39 is 6.55 Å². The van der Waals surface area contributed by atoms with Crippen molar-refractivity contribution in [2.45, 2.75) is 38.3 Å². The minimum Gasteiger partial charge on any atom is -0.334 e. The second-order valence-electron chi connectivity index (χ2n) is 7.04. The third-order valence-electron chi connectivity index (χ3n) is 5.29. The topological polar surface area (TPSA) is 44.6 Å². The monoisotopic (exact) mass is 355 g/mol. The summed E-state index contributed by atoms with van der Waals surface area (Å²) < 4.78 is 25.9. The van der Waals surface area contributed by atoms with Crippen molar-refractivity contribution in [3.8, 4) is 0 Å². The van der Waals surface area contributed by atoms with Gasteiger partial charge in [-0.25, -0.2) is 4.68 Å². The van der Waals surface area contributed by atoms with Gasteiger partial charge in [-0.05, 0) is 38.8 Å². The number of piperidine rings is 1. The van der Waals surface area contributed by atoms with Crippen molar-refractivity contribution in [1.29, 1.82) is 0 Å². The molecule has 1 amide bonds. The molecule has 0 aliphatic carbocycles. The standard InChI is InChI=1S/C17H27F2N5O/c1-21-10-12-22(13-11-21)8-5-14-4-2-3-7-23(14)16(25)15-6-9-24(20-15)17(18)19/h6,9,14,17H,2-5,7-8,10-13H2,1H3. The van der Waals surface area contributed by atoms with Crippen molar-refractivity contribution < 1.29 is 13.6 Å². The minimum atomic E-state index is -2.71. The van der Waals surface area contributed by atoms with Gasteiger partial charge in [-0.1, -0.05) is 0 Å². The molecule has 1 unspecified atom stereocenters. The molecule has 6 nitrogen and oxygen atoms in total. The lowest BCUT2D eigenvalue weighted by Crippen LogP contribution is -2.48. The lowest BCUT2D eigenvalue weighted by Gasteiger charge is -2.38. The van der Waals surface area contributed by atoms with Crippen LogP contribution < -0.4 is 0 Å². The molecule has 1 aromatic rings. The first-order valence-corrected chi connectivity index (χ1v) is 9.10. The van der Waals surface area contributed by atoms with Crippen LogP contribution in [0.5, 0.6) is 0 Å². The molecule has 0 bridgehead atoms. The Hall–Kier alpha value is -1.54. The zero-order chi connectivity index (χ0) is 17.8. The van der Waals surface area contributed by atoms with Gasteiger partial charge in [0.05, 0.1) is 0 Å². The van der Waals surface area contributed by atoms with E-state index in [1.807, 2.05) is 4.90 Å². The number of carbonyl (C=O) groups excluding carboxylic acids is 1. The zero-order valence-electron chi connectivity index (χ0n) is 14.8. The van der Waals surface area contributed by atoms with E-state index in [-0.39, 0.29) is 17.6 Å². The average molecular weight is 355 g/mol. The summed E-state index contributed by atoms with van der Waals surface area (Å²) >= 11 is 0. The first-order valence-electron chi connectivity index (χ1n) is 9.10. The Morgan fingerprint density at radius 2 is 2.00 bits per heavy atom. The van der Waals surface area contributed by atoms with E-state index in [9.17, 15) is 13.6 Å². The summed E-state index contributed by atoms with van der Waals surface area (Å²) in [5.41, 5.74) is 0.117. The molecule has 0 N–H and O–H groups in total. The van der Waals surface area contributed by atoms with E-state index >= 15 is 0 Å². The van der Waals surface area contributed by atoms with E-state index in [0.29, 0.717) is 11.2 Å². The largest absolute Gasteiger partial charge is 0.334 e. The van der Waals surface area contributed by atoms with Crippen LogP contribution in [0.25, 0.3) is 0 Å². The molecule has 1 atom stereocenters. The zero-order valence-corrected chi connectivity index (χ0v) is 14.8. The van der Waals surface area contributed by atoms with E-state index in [1.165, 1.54) is 12.3 Å². The molecule has 0 radical (unpaired) electrons. The number of hydrogen-bond acceptors (Lipinski definition) is 4. The lowest BCUT2D eigenvalue weighted by atomic mass is 9.98. The maximum absolute atomic E-state index is 12.7. The molecule has 2 saturated heterocycles. The SMILES string of the molecule is CN1CCN(CCC2CCCCN2C(=O)c2ccn(C(F)F)n2)CC1. The second-order valence-corrected chi connectivity index (χ2v) is 7.04. The Labute approximate surface area is 147 Å². The van der Waals surface area contributed by atoms with Gasteiger partial charge < -0.3 is 14.7 Å². The van der Waals surface area contributed by atoms with E-state index in [1.54, 1.807) is 0 Å². The highest BCUT2D eigenvalue weighted by Crippen LogP contribution is 2.22. The predicted molar refractivity (Wildman–Crippen MR) is 90.7 cm³/mol. The smallest absolute Gasteiger partial charge is 0.333 e. The van der Waals surface area contributed by atoms with Crippen LogP contribution in [-0.2, 0) is 0 Å². The molecule has 0 saturated carbocycles. The molecule has 0 aromatic carbocycles. The molecule has 140 valence electrons. The van der Waals surface area contributed by atoms with Gasteiger partial charge >= 0.3 is 6.55 Å². The Morgan fingerprint density at radius 1 is 1.24 bits per heavy atom. The number of amides is 1. The fraction of sp³-hybridized carbons (Fsp3) is 0.765. The van der Waals surface area contributed by atoms with Gasteiger partial charge in [-0.3, -0.25) is 4.79 Å². The molecule has 8 heteroatoms. The molecule has 3 heterocycles. The second kappa shape index (κ2) is 8.23. The minimum absolute atomic E-state index is 0.117. The van der Waals surface area contributed by atoms with Crippen LogP contribution in [0, 0.1) is 0 Å². The maximum atomic E-state index is 12.7. The number of halogens is 2. The molecular weight excluding hydrogens is 328 g/mol. The highest BCUT2D eigenvalue weighted by Gasteiger charge is 2.29. The summed E-state index contributed by atoms with van der Waals surface area (Å²) in [6, 6.07) is 1.57. The first kappa shape index (κ1) is 18.3. The summed E-state index contributed by atoms with van der Waals surface area (Å²) in [6.45, 7) is 3.25. The lowest BCUT2D eigenvalue weighted by molar-refractivity contribution is 0.0511. The van der Waals surface area contributed by atoms with Crippen molar-refractivity contribution in [2.75, 3.05) is 46.3 Å². The number of nitrogens with zero attached hydrogens (tertiary/aromatic N) is 5. The Balaban J connectivity index is 1.58. The fourth-order valence-electron chi connectivity index (χ4n) is 3.68. The summed E-state index contributed by atoms with van der Waals surface area (Å²) in [5.74, 6) is -0.220. The number of aromatic nitrogens is 2. The Morgan fingerprint density at radius 3 is 2.68 bits per heavy atom. The number of alkyl halides is 2. The number of carbonyl (C=O) groups is 1.